The van der Waals surface area contributed by atoms with E-state index in [4.69, 9.17) is 4.52 Å². The van der Waals surface area contributed by atoms with Crippen LogP contribution in [0.4, 0.5) is 0 Å². The van der Waals surface area contributed by atoms with E-state index >= 15 is 0 Å². The van der Waals surface area contributed by atoms with E-state index in [9.17, 15) is 4.79 Å². The van der Waals surface area contributed by atoms with Crippen LogP contribution in [0.1, 0.15) is 35.3 Å². The molecule has 30 heavy (non-hydrogen) atoms. The van der Waals surface area contributed by atoms with Gasteiger partial charge in [-0.3, -0.25) is 14.3 Å². The molecule has 150 valence electrons. The second-order valence-electron chi connectivity index (χ2n) is 8.13. The molecule has 0 unspecified atom stereocenters. The van der Waals surface area contributed by atoms with E-state index in [2.05, 4.69) is 44.2 Å². The molecule has 4 aromatic heterocycles. The number of aryl methyl sites for hydroxylation is 2. The fourth-order valence-corrected chi connectivity index (χ4v) is 4.51. The summed E-state index contributed by atoms with van der Waals surface area (Å²) in [4.78, 5) is 30.1. The summed E-state index contributed by atoms with van der Waals surface area (Å²) in [5, 5.41) is 4.18. The van der Waals surface area contributed by atoms with Crippen LogP contribution in [0.5, 0.6) is 0 Å². The van der Waals surface area contributed by atoms with Gasteiger partial charge in [0.2, 0.25) is 5.89 Å². The number of imidazole rings is 1. The molecule has 9 nitrogen and oxygen atoms in total. The van der Waals surface area contributed by atoms with E-state index in [0.29, 0.717) is 28.9 Å². The van der Waals surface area contributed by atoms with Crippen LogP contribution in [0.15, 0.2) is 46.4 Å². The summed E-state index contributed by atoms with van der Waals surface area (Å²) in [5.74, 6) is 2.34. The Balaban J connectivity index is 1.21. The third-order valence-electron chi connectivity index (χ3n) is 6.11. The van der Waals surface area contributed by atoms with Gasteiger partial charge in [-0.1, -0.05) is 11.2 Å². The van der Waals surface area contributed by atoms with Crippen LogP contribution >= 0.6 is 0 Å². The van der Waals surface area contributed by atoms with E-state index < -0.39 is 0 Å². The lowest BCUT2D eigenvalue weighted by Crippen LogP contribution is -2.22. The standard InChI is InChI=1S/C21H19N7O2/c1-11-3-4-22-15(5-11)12-6-13-14(7-12)17(13)19-25-16(30-26-19)8-28-10-24-20-18(21(28)29)27(2)9-23-20/h3-6,9-10,13-14,17H,7-8H2,1-2H3/t13-,14+,17+/m1/s1. The van der Waals surface area contributed by atoms with Crippen LogP contribution in [-0.4, -0.2) is 34.2 Å². The van der Waals surface area contributed by atoms with Crippen molar-refractivity contribution < 1.29 is 4.52 Å². The third kappa shape index (κ3) is 2.62. The van der Waals surface area contributed by atoms with Gasteiger partial charge in [-0.05, 0) is 48.4 Å². The lowest BCUT2D eigenvalue weighted by Gasteiger charge is -2.05. The summed E-state index contributed by atoms with van der Waals surface area (Å²) in [6.45, 7) is 2.27. The Morgan fingerprint density at radius 2 is 2.10 bits per heavy atom. The van der Waals surface area contributed by atoms with Gasteiger partial charge in [0.05, 0.1) is 12.0 Å². The molecule has 1 fully saturated rings. The zero-order valence-electron chi connectivity index (χ0n) is 16.6. The van der Waals surface area contributed by atoms with Crippen molar-refractivity contribution in [1.29, 1.82) is 0 Å². The van der Waals surface area contributed by atoms with E-state index in [-0.39, 0.29) is 18.0 Å². The van der Waals surface area contributed by atoms with Crippen molar-refractivity contribution >= 4 is 16.7 Å². The Bertz CT molecular complexity index is 1380. The topological polar surface area (TPSA) is 105 Å². The minimum atomic E-state index is -0.179. The number of aromatic nitrogens is 7. The van der Waals surface area contributed by atoms with Crippen LogP contribution < -0.4 is 5.56 Å². The highest BCUT2D eigenvalue weighted by molar-refractivity contribution is 5.69. The van der Waals surface area contributed by atoms with E-state index in [1.165, 1.54) is 22.0 Å². The fourth-order valence-electron chi connectivity index (χ4n) is 4.51. The molecule has 1 saturated carbocycles. The average molecular weight is 401 g/mol. The Morgan fingerprint density at radius 3 is 2.90 bits per heavy atom. The number of rotatable bonds is 4. The van der Waals surface area contributed by atoms with Gasteiger partial charge >= 0.3 is 0 Å². The van der Waals surface area contributed by atoms with Crippen LogP contribution in [0.25, 0.3) is 16.7 Å². The molecule has 0 aliphatic heterocycles. The summed E-state index contributed by atoms with van der Waals surface area (Å²) >= 11 is 0. The van der Waals surface area contributed by atoms with Crippen molar-refractivity contribution in [2.45, 2.75) is 25.8 Å². The lowest BCUT2D eigenvalue weighted by atomic mass is 10.0. The van der Waals surface area contributed by atoms with Gasteiger partial charge in [0.15, 0.2) is 17.0 Å². The summed E-state index contributed by atoms with van der Waals surface area (Å²) in [7, 11) is 1.77. The number of fused-ring (bicyclic) bond motifs is 2. The summed E-state index contributed by atoms with van der Waals surface area (Å²) in [6.07, 6.45) is 8.19. The van der Waals surface area contributed by atoms with Crippen LogP contribution in [0.3, 0.4) is 0 Å². The van der Waals surface area contributed by atoms with Gasteiger partial charge in [-0.25, -0.2) is 9.97 Å². The second-order valence-corrected chi connectivity index (χ2v) is 8.13. The minimum Gasteiger partial charge on any atom is -0.337 e. The normalized spacial score (nSPS) is 22.3. The molecule has 0 N–H and O–H groups in total. The monoisotopic (exact) mass is 401 g/mol. The summed E-state index contributed by atoms with van der Waals surface area (Å²) in [6, 6.07) is 4.14. The molecule has 4 heterocycles. The Morgan fingerprint density at radius 1 is 1.23 bits per heavy atom. The molecule has 0 amide bonds. The summed E-state index contributed by atoms with van der Waals surface area (Å²) in [5.41, 5.74) is 4.29. The molecule has 0 saturated heterocycles. The number of allylic oxidation sites excluding steroid dienone is 2. The van der Waals surface area contributed by atoms with E-state index in [0.717, 1.165) is 17.9 Å². The SMILES string of the molecule is Cc1ccnc(C2=C[C@@H]3[C@H](C2)[C@H]3c2noc(Cn3cnc4ncn(C)c4c3=O)n2)c1. The lowest BCUT2D eigenvalue weighted by molar-refractivity contribution is 0.364. The molecular weight excluding hydrogens is 382 g/mol. The van der Waals surface area contributed by atoms with Gasteiger partial charge in [-0.15, -0.1) is 0 Å². The predicted molar refractivity (Wildman–Crippen MR) is 107 cm³/mol. The molecule has 9 heteroatoms. The first-order chi connectivity index (χ1) is 14.6. The predicted octanol–water partition coefficient (Wildman–Crippen LogP) is 2.08. The average Bonchev–Trinajstić information content (AvgIpc) is 3.16. The minimum absolute atomic E-state index is 0.179. The molecule has 2 aliphatic rings. The Hall–Kier alpha value is -3.62. The van der Waals surface area contributed by atoms with Crippen molar-refractivity contribution in [2.24, 2.45) is 18.9 Å². The van der Waals surface area contributed by atoms with Crippen molar-refractivity contribution in [3.63, 3.8) is 0 Å². The molecule has 0 spiro atoms. The third-order valence-corrected chi connectivity index (χ3v) is 6.11. The van der Waals surface area contributed by atoms with Gasteiger partial charge < -0.3 is 9.09 Å². The Kier molecular flexibility index (Phi) is 3.56. The molecule has 6 rings (SSSR count). The first kappa shape index (κ1) is 17.3. The molecule has 0 bridgehead atoms. The molecular formula is C21H19N7O2. The molecule has 2 aliphatic carbocycles. The van der Waals surface area contributed by atoms with Crippen LogP contribution in [0, 0.1) is 18.8 Å². The fraction of sp³-hybridized carbons (Fsp3) is 0.333. The number of hydrogen-bond donors (Lipinski definition) is 0. The quantitative estimate of drug-likeness (QED) is 0.515. The smallest absolute Gasteiger partial charge is 0.280 e. The van der Waals surface area contributed by atoms with Gasteiger partial charge in [0, 0.05) is 19.2 Å². The van der Waals surface area contributed by atoms with Crippen molar-refractivity contribution in [2.75, 3.05) is 0 Å². The first-order valence-corrected chi connectivity index (χ1v) is 9.91. The van der Waals surface area contributed by atoms with Crippen molar-refractivity contribution in [1.82, 2.24) is 34.2 Å². The van der Waals surface area contributed by atoms with Gasteiger partial charge in [0.1, 0.15) is 12.9 Å². The molecule has 0 aromatic carbocycles. The molecule has 4 aromatic rings. The first-order valence-electron chi connectivity index (χ1n) is 9.91. The maximum absolute atomic E-state index is 12.7. The van der Waals surface area contributed by atoms with E-state index in [1.54, 1.807) is 17.9 Å². The molecule has 3 atom stereocenters. The zero-order valence-corrected chi connectivity index (χ0v) is 16.6. The van der Waals surface area contributed by atoms with E-state index in [1.807, 2.05) is 12.3 Å². The molecule has 0 radical (unpaired) electrons. The number of pyridine rings is 1. The second kappa shape index (κ2) is 6.19. The maximum atomic E-state index is 12.7. The van der Waals surface area contributed by atoms with Crippen LogP contribution in [-0.2, 0) is 13.6 Å². The van der Waals surface area contributed by atoms with Crippen LogP contribution in [0.2, 0.25) is 0 Å². The highest BCUT2D eigenvalue weighted by Gasteiger charge is 2.55. The number of nitrogens with zero attached hydrogens (tertiary/aromatic N) is 7. The zero-order chi connectivity index (χ0) is 20.4. The highest BCUT2D eigenvalue weighted by atomic mass is 16.5. The number of hydrogen-bond acceptors (Lipinski definition) is 7. The highest BCUT2D eigenvalue weighted by Crippen LogP contribution is 2.62. The van der Waals surface area contributed by atoms with Crippen molar-refractivity contribution in [3.8, 4) is 0 Å². The summed E-state index contributed by atoms with van der Waals surface area (Å²) < 4.78 is 8.57. The Labute approximate surface area is 171 Å². The van der Waals surface area contributed by atoms with Gasteiger partial charge in [-0.2, -0.15) is 4.98 Å². The van der Waals surface area contributed by atoms with Gasteiger partial charge in [0.25, 0.3) is 5.56 Å². The maximum Gasteiger partial charge on any atom is 0.280 e. The largest absolute Gasteiger partial charge is 0.337 e. The van der Waals surface area contributed by atoms with Crippen molar-refractivity contribution in [3.05, 3.63) is 70.4 Å².